The van der Waals surface area contributed by atoms with E-state index in [2.05, 4.69) is 14.4 Å². The van der Waals surface area contributed by atoms with Crippen LogP contribution in [0.2, 0.25) is 0 Å². The van der Waals surface area contributed by atoms with E-state index in [0.29, 0.717) is 27.9 Å². The zero-order valence-corrected chi connectivity index (χ0v) is 17.2. The molecule has 0 saturated heterocycles. The molecule has 2 aromatic heterocycles. The molecule has 1 unspecified atom stereocenters. The number of pyridine rings is 2. The SMILES string of the molecule is Cc1ncccc1-c1nc2c(C(F)(F)F)cccc2cc1C=N[S+]([O-])C(C)(C)C. The second kappa shape index (κ2) is 7.76. The Labute approximate surface area is 170 Å². The zero-order chi connectivity index (χ0) is 21.4. The van der Waals surface area contributed by atoms with Gasteiger partial charge in [-0.3, -0.25) is 4.98 Å². The Balaban J connectivity index is 2.28. The van der Waals surface area contributed by atoms with Crippen molar-refractivity contribution < 1.29 is 17.7 Å². The summed E-state index contributed by atoms with van der Waals surface area (Å²) in [6.45, 7) is 7.13. The minimum absolute atomic E-state index is 0.146. The van der Waals surface area contributed by atoms with Gasteiger partial charge in [-0.05, 0) is 52.0 Å². The molecule has 0 fully saturated rings. The normalized spacial score (nSPS) is 13.9. The molecule has 0 aliphatic heterocycles. The maximum absolute atomic E-state index is 13.5. The molecule has 0 spiro atoms. The number of hydrogen-bond acceptors (Lipinski definition) is 4. The quantitative estimate of drug-likeness (QED) is 0.416. The van der Waals surface area contributed by atoms with Gasteiger partial charge in [0.05, 0.1) is 23.0 Å². The van der Waals surface area contributed by atoms with Crippen molar-refractivity contribution in [1.29, 1.82) is 0 Å². The van der Waals surface area contributed by atoms with Crippen molar-refractivity contribution in [2.24, 2.45) is 4.40 Å². The molecule has 0 radical (unpaired) electrons. The van der Waals surface area contributed by atoms with E-state index in [1.807, 2.05) is 0 Å². The van der Waals surface area contributed by atoms with E-state index in [1.165, 1.54) is 12.3 Å². The molecule has 0 amide bonds. The summed E-state index contributed by atoms with van der Waals surface area (Å²) in [6, 6.07) is 8.94. The first-order chi connectivity index (χ1) is 13.5. The van der Waals surface area contributed by atoms with Crippen LogP contribution in [-0.2, 0) is 17.5 Å². The molecular weight excluding hydrogens is 399 g/mol. The number of hydrogen-bond donors (Lipinski definition) is 0. The fourth-order valence-corrected chi connectivity index (χ4v) is 3.28. The summed E-state index contributed by atoms with van der Waals surface area (Å²) in [5.41, 5.74) is 1.05. The van der Waals surface area contributed by atoms with Crippen LogP contribution in [0.15, 0.2) is 47.0 Å². The molecule has 29 heavy (non-hydrogen) atoms. The average Bonchev–Trinajstić information content (AvgIpc) is 2.63. The third kappa shape index (κ3) is 4.59. The number of aryl methyl sites for hydroxylation is 1. The molecule has 152 valence electrons. The van der Waals surface area contributed by atoms with Crippen molar-refractivity contribution in [3.05, 3.63) is 59.4 Å². The summed E-state index contributed by atoms with van der Waals surface area (Å²) in [4.78, 5) is 8.58. The highest BCUT2D eigenvalue weighted by Crippen LogP contribution is 2.36. The Morgan fingerprint density at radius 3 is 2.45 bits per heavy atom. The number of para-hydroxylation sites is 1. The molecule has 0 saturated carbocycles. The van der Waals surface area contributed by atoms with Gasteiger partial charge >= 0.3 is 6.18 Å². The third-order valence-corrected chi connectivity index (χ3v) is 5.60. The van der Waals surface area contributed by atoms with E-state index in [1.54, 1.807) is 58.2 Å². The maximum Gasteiger partial charge on any atom is 0.418 e. The fraction of sp³-hybridized carbons (Fsp3) is 0.286. The first-order valence-electron chi connectivity index (χ1n) is 8.87. The van der Waals surface area contributed by atoms with Gasteiger partial charge in [-0.15, -0.1) is 0 Å². The van der Waals surface area contributed by atoms with E-state index >= 15 is 0 Å². The minimum atomic E-state index is -4.53. The van der Waals surface area contributed by atoms with Crippen LogP contribution < -0.4 is 0 Å². The smallest absolute Gasteiger partial charge is 0.418 e. The zero-order valence-electron chi connectivity index (χ0n) is 16.4. The summed E-state index contributed by atoms with van der Waals surface area (Å²) in [7, 11) is 0. The van der Waals surface area contributed by atoms with Crippen molar-refractivity contribution in [3.63, 3.8) is 0 Å². The Hall–Kier alpha value is -2.45. The number of fused-ring (bicyclic) bond motifs is 1. The lowest BCUT2D eigenvalue weighted by molar-refractivity contribution is -0.136. The molecule has 8 heteroatoms. The maximum atomic E-state index is 13.5. The summed E-state index contributed by atoms with van der Waals surface area (Å²) in [6.07, 6.45) is -1.52. The monoisotopic (exact) mass is 419 g/mol. The van der Waals surface area contributed by atoms with Gasteiger partial charge in [-0.2, -0.15) is 13.2 Å². The second-order valence-electron chi connectivity index (χ2n) is 7.53. The molecule has 3 aromatic rings. The van der Waals surface area contributed by atoms with Crippen LogP contribution in [0, 0.1) is 6.92 Å². The van der Waals surface area contributed by atoms with Crippen molar-refractivity contribution in [1.82, 2.24) is 9.97 Å². The van der Waals surface area contributed by atoms with Crippen LogP contribution in [0.1, 0.15) is 37.6 Å². The molecule has 0 N–H and O–H groups in total. The summed E-state index contributed by atoms with van der Waals surface area (Å²) in [5.74, 6) is 0. The molecule has 0 bridgehead atoms. The van der Waals surface area contributed by atoms with Gasteiger partial charge in [-0.1, -0.05) is 16.5 Å². The van der Waals surface area contributed by atoms with Crippen LogP contribution in [0.4, 0.5) is 13.2 Å². The number of halogens is 3. The van der Waals surface area contributed by atoms with Gasteiger partial charge in [-0.25, -0.2) is 4.98 Å². The largest absolute Gasteiger partial charge is 0.591 e. The predicted octanol–water partition coefficient (Wildman–Crippen LogP) is 5.51. The van der Waals surface area contributed by atoms with E-state index in [9.17, 15) is 17.7 Å². The van der Waals surface area contributed by atoms with E-state index in [4.69, 9.17) is 0 Å². The number of benzene rings is 1. The summed E-state index contributed by atoms with van der Waals surface area (Å²) in [5, 5.41) is 0.327. The second-order valence-corrected chi connectivity index (χ2v) is 9.47. The first kappa shape index (κ1) is 21.3. The molecule has 4 nitrogen and oxygen atoms in total. The third-order valence-electron chi connectivity index (χ3n) is 4.25. The lowest BCUT2D eigenvalue weighted by atomic mass is 10.0. The van der Waals surface area contributed by atoms with Gasteiger partial charge < -0.3 is 4.55 Å². The first-order valence-corrected chi connectivity index (χ1v) is 9.98. The van der Waals surface area contributed by atoms with Crippen LogP contribution in [0.3, 0.4) is 0 Å². The molecule has 0 aliphatic rings. The van der Waals surface area contributed by atoms with Crippen molar-refractivity contribution in [2.75, 3.05) is 0 Å². The molecule has 2 heterocycles. The summed E-state index contributed by atoms with van der Waals surface area (Å²) >= 11 is -1.51. The number of alkyl halides is 3. The van der Waals surface area contributed by atoms with Crippen molar-refractivity contribution in [3.8, 4) is 11.3 Å². The molecular formula is C21H20F3N3OS. The molecule has 1 atom stereocenters. The molecule has 0 aliphatic carbocycles. The number of nitrogens with zero attached hydrogens (tertiary/aromatic N) is 3. The summed E-state index contributed by atoms with van der Waals surface area (Å²) < 4.78 is 56.4. The van der Waals surface area contributed by atoms with Crippen LogP contribution in [0.25, 0.3) is 22.2 Å². The van der Waals surface area contributed by atoms with Crippen molar-refractivity contribution >= 4 is 28.5 Å². The lowest BCUT2D eigenvalue weighted by Gasteiger charge is -2.18. The topological polar surface area (TPSA) is 61.2 Å². The average molecular weight is 419 g/mol. The predicted molar refractivity (Wildman–Crippen MR) is 110 cm³/mol. The van der Waals surface area contributed by atoms with Gasteiger partial charge in [0.25, 0.3) is 0 Å². The minimum Gasteiger partial charge on any atom is -0.591 e. The molecule has 1 aromatic carbocycles. The van der Waals surface area contributed by atoms with E-state index in [-0.39, 0.29) is 5.52 Å². The van der Waals surface area contributed by atoms with Gasteiger partial charge in [0, 0.05) is 28.4 Å². The van der Waals surface area contributed by atoms with E-state index in [0.717, 1.165) is 6.07 Å². The van der Waals surface area contributed by atoms with Crippen molar-refractivity contribution in [2.45, 2.75) is 38.6 Å². The Bertz CT molecular complexity index is 1070. The fourth-order valence-electron chi connectivity index (χ4n) is 2.76. The Morgan fingerprint density at radius 2 is 1.83 bits per heavy atom. The van der Waals surface area contributed by atoms with Crippen LogP contribution in [0.5, 0.6) is 0 Å². The standard InChI is InChI=1S/C21H20F3N3OS/c1-13-16(8-6-10-25-13)18-15(12-26-29(28)20(2,3)4)11-14-7-5-9-17(19(14)27-18)21(22,23)24/h5-12H,1-4H3. The van der Waals surface area contributed by atoms with Gasteiger partial charge in [0.2, 0.25) is 0 Å². The van der Waals surface area contributed by atoms with E-state index < -0.39 is 27.8 Å². The highest BCUT2D eigenvalue weighted by Gasteiger charge is 2.33. The van der Waals surface area contributed by atoms with Crippen LogP contribution >= 0.6 is 0 Å². The highest BCUT2D eigenvalue weighted by atomic mass is 32.2. The number of rotatable bonds is 3. The number of aromatic nitrogens is 2. The van der Waals surface area contributed by atoms with Crippen LogP contribution in [-0.4, -0.2) is 25.5 Å². The van der Waals surface area contributed by atoms with Gasteiger partial charge in [0.1, 0.15) is 16.1 Å². The Morgan fingerprint density at radius 1 is 1.10 bits per heavy atom. The highest BCUT2D eigenvalue weighted by molar-refractivity contribution is 7.91. The molecule has 3 rings (SSSR count). The lowest BCUT2D eigenvalue weighted by Crippen LogP contribution is -2.25. The van der Waals surface area contributed by atoms with Gasteiger partial charge in [0.15, 0.2) is 0 Å². The Kier molecular flexibility index (Phi) is 5.69.